The maximum atomic E-state index is 5.42. The third-order valence-corrected chi connectivity index (χ3v) is 10.6. The molecule has 0 unspecified atom stereocenters. The third kappa shape index (κ3) is 11.0. The van der Waals surface area contributed by atoms with Gasteiger partial charge in [-0.15, -0.1) is 0 Å². The molecule has 2 aromatic heterocycles. The molecule has 0 amide bonds. The zero-order chi connectivity index (χ0) is 36.4. The predicted octanol–water partition coefficient (Wildman–Crippen LogP) is 11.6. The Morgan fingerprint density at radius 1 is 0.442 bits per heavy atom. The zero-order valence-electron chi connectivity index (χ0n) is 32.5. The maximum Gasteiger partial charge on any atom is 0.224 e. The number of rotatable bonds is 24. The molecular weight excluding hydrogens is 639 g/mol. The Morgan fingerprint density at radius 2 is 0.904 bits per heavy atom. The van der Waals surface area contributed by atoms with Crippen LogP contribution in [0.1, 0.15) is 163 Å². The van der Waals surface area contributed by atoms with E-state index in [4.69, 9.17) is 19.9 Å². The van der Waals surface area contributed by atoms with Crippen molar-refractivity contribution in [3.8, 4) is 0 Å². The van der Waals surface area contributed by atoms with Crippen LogP contribution in [0.4, 0.5) is 17.6 Å². The highest BCUT2D eigenvalue weighted by Crippen LogP contribution is 2.66. The van der Waals surface area contributed by atoms with Gasteiger partial charge < -0.3 is 16.0 Å². The van der Waals surface area contributed by atoms with Crippen molar-refractivity contribution in [2.24, 2.45) is 0 Å². The summed E-state index contributed by atoms with van der Waals surface area (Å²) >= 11 is 0. The van der Waals surface area contributed by atoms with Gasteiger partial charge in [0, 0.05) is 61.9 Å². The smallest absolute Gasteiger partial charge is 0.224 e. The number of hydrogen-bond donors (Lipinski definition) is 3. The summed E-state index contributed by atoms with van der Waals surface area (Å²) in [5.41, 5.74) is 4.90. The fourth-order valence-electron chi connectivity index (χ4n) is 7.83. The van der Waals surface area contributed by atoms with Gasteiger partial charge in [-0.2, -0.15) is 4.98 Å². The van der Waals surface area contributed by atoms with E-state index in [1.54, 1.807) is 0 Å². The number of anilines is 3. The molecule has 0 radical (unpaired) electrons. The van der Waals surface area contributed by atoms with Crippen LogP contribution >= 0.6 is 0 Å². The average Bonchev–Trinajstić information content (AvgIpc) is 3.16. The van der Waals surface area contributed by atoms with Crippen LogP contribution in [0, 0.1) is 0 Å². The van der Waals surface area contributed by atoms with Crippen LogP contribution in [0.25, 0.3) is 0 Å². The van der Waals surface area contributed by atoms with Crippen molar-refractivity contribution in [3.05, 3.63) is 101 Å². The molecule has 2 heterocycles. The van der Waals surface area contributed by atoms with Gasteiger partial charge in [0.1, 0.15) is 17.5 Å². The summed E-state index contributed by atoms with van der Waals surface area (Å²) < 4.78 is 0. The predicted molar refractivity (Wildman–Crippen MR) is 220 cm³/mol. The highest BCUT2D eigenvalue weighted by Gasteiger charge is 2.54. The zero-order valence-corrected chi connectivity index (χ0v) is 32.5. The van der Waals surface area contributed by atoms with E-state index in [-0.39, 0.29) is 23.7 Å². The molecule has 1 aliphatic rings. The highest BCUT2D eigenvalue weighted by molar-refractivity contribution is 5.51. The number of aryl methyl sites for hydroxylation is 1. The van der Waals surface area contributed by atoms with E-state index in [2.05, 4.69) is 116 Å². The minimum atomic E-state index is 0.147. The second kappa shape index (κ2) is 21.5. The van der Waals surface area contributed by atoms with Gasteiger partial charge >= 0.3 is 0 Å². The van der Waals surface area contributed by atoms with Crippen LogP contribution in [0.5, 0.6) is 0 Å². The number of aromatic nitrogens is 4. The Kier molecular flexibility index (Phi) is 16.2. The molecule has 0 aliphatic heterocycles. The summed E-state index contributed by atoms with van der Waals surface area (Å²) in [5.74, 6) is 4.27. The molecule has 7 nitrogen and oxygen atoms in total. The molecule has 7 heteroatoms. The molecule has 2 aromatic carbocycles. The first-order valence-electron chi connectivity index (χ1n) is 20.7. The van der Waals surface area contributed by atoms with Crippen molar-refractivity contribution in [1.29, 1.82) is 0 Å². The highest BCUT2D eigenvalue weighted by atomic mass is 15.1. The maximum absolute atomic E-state index is 5.42. The van der Waals surface area contributed by atoms with Crippen LogP contribution in [-0.2, 0) is 6.42 Å². The fourth-order valence-corrected chi connectivity index (χ4v) is 7.83. The lowest BCUT2D eigenvalue weighted by Crippen LogP contribution is -2.41. The quantitative estimate of drug-likeness (QED) is 0.0626. The minimum Gasteiger partial charge on any atom is -0.370 e. The average molecular weight is 704 g/mol. The minimum absolute atomic E-state index is 0.147. The van der Waals surface area contributed by atoms with E-state index in [1.807, 2.05) is 0 Å². The standard InChI is InChI=1S/C45H65N7/c1-5-9-13-20-28-38-49-36(32-39(51-38)46-29-21-10-6-2)43-41(34-24-16-14-17-25-34)44(42(43)35-26-18-15-19-27-35)37-33-40(47-30-22-11-7-3)52-45(50-37)48-31-23-12-8-4/h14-19,24-27,32-33,41-44H,5-13,20-23,28-31H2,1-4H3,(H,46,49,51)(H2,47,48,50,52)/t41-,42-,43?,44?/m1/s1. The lowest BCUT2D eigenvalue weighted by Gasteiger charge is -2.52. The molecule has 52 heavy (non-hydrogen) atoms. The Bertz CT molecular complexity index is 1390. The first kappa shape index (κ1) is 39.2. The lowest BCUT2D eigenvalue weighted by molar-refractivity contribution is 0.219. The molecule has 2 atom stereocenters. The Labute approximate surface area is 314 Å². The summed E-state index contributed by atoms with van der Waals surface area (Å²) in [6.07, 6.45) is 16.3. The van der Waals surface area contributed by atoms with Gasteiger partial charge in [0.2, 0.25) is 5.95 Å². The third-order valence-electron chi connectivity index (χ3n) is 10.6. The van der Waals surface area contributed by atoms with E-state index < -0.39 is 0 Å². The Hall–Kier alpha value is -4.00. The SMILES string of the molecule is CCCCCCc1nc(NCCCCC)cc(C2[C@@H](c3ccccc3)C(c3cc(NCCCCC)nc(NCCCCC)n3)[C@@H]2c2ccccc2)n1. The monoisotopic (exact) mass is 704 g/mol. The van der Waals surface area contributed by atoms with E-state index in [0.29, 0.717) is 0 Å². The van der Waals surface area contributed by atoms with Crippen LogP contribution in [-0.4, -0.2) is 39.6 Å². The van der Waals surface area contributed by atoms with Crippen molar-refractivity contribution in [3.63, 3.8) is 0 Å². The number of nitrogens with one attached hydrogen (secondary N) is 3. The Morgan fingerprint density at radius 3 is 1.42 bits per heavy atom. The molecule has 1 fully saturated rings. The van der Waals surface area contributed by atoms with Crippen molar-refractivity contribution in [1.82, 2.24) is 19.9 Å². The summed E-state index contributed by atoms with van der Waals surface area (Å²) in [5, 5.41) is 11.0. The lowest BCUT2D eigenvalue weighted by atomic mass is 9.50. The van der Waals surface area contributed by atoms with Gasteiger partial charge in [-0.25, -0.2) is 15.0 Å². The van der Waals surface area contributed by atoms with Gasteiger partial charge in [-0.1, -0.05) is 146 Å². The largest absolute Gasteiger partial charge is 0.370 e. The van der Waals surface area contributed by atoms with Gasteiger partial charge in [0.15, 0.2) is 0 Å². The van der Waals surface area contributed by atoms with Crippen molar-refractivity contribution in [2.45, 2.75) is 141 Å². The van der Waals surface area contributed by atoms with Crippen molar-refractivity contribution >= 4 is 17.6 Å². The molecule has 1 saturated carbocycles. The second-order valence-corrected chi connectivity index (χ2v) is 14.7. The summed E-state index contributed by atoms with van der Waals surface area (Å²) in [7, 11) is 0. The van der Waals surface area contributed by atoms with Crippen molar-refractivity contribution < 1.29 is 0 Å². The first-order chi connectivity index (χ1) is 25.7. The summed E-state index contributed by atoms with van der Waals surface area (Å²) in [6.45, 7) is 11.7. The topological polar surface area (TPSA) is 87.7 Å². The number of nitrogens with zero attached hydrogens (tertiary/aromatic N) is 4. The van der Waals surface area contributed by atoms with Gasteiger partial charge in [-0.05, 0) is 36.8 Å². The van der Waals surface area contributed by atoms with Crippen LogP contribution < -0.4 is 16.0 Å². The van der Waals surface area contributed by atoms with E-state index in [9.17, 15) is 0 Å². The van der Waals surface area contributed by atoms with E-state index in [0.717, 1.165) is 86.5 Å². The van der Waals surface area contributed by atoms with E-state index in [1.165, 1.54) is 68.9 Å². The fraction of sp³-hybridized carbons (Fsp3) is 0.556. The molecule has 4 aromatic rings. The van der Waals surface area contributed by atoms with Crippen LogP contribution in [0.2, 0.25) is 0 Å². The molecule has 280 valence electrons. The van der Waals surface area contributed by atoms with E-state index >= 15 is 0 Å². The summed E-state index contributed by atoms with van der Waals surface area (Å²) in [4.78, 5) is 20.8. The molecule has 5 rings (SSSR count). The number of benzene rings is 2. The first-order valence-corrected chi connectivity index (χ1v) is 20.7. The second-order valence-electron chi connectivity index (χ2n) is 14.7. The van der Waals surface area contributed by atoms with Crippen LogP contribution in [0.15, 0.2) is 72.8 Å². The van der Waals surface area contributed by atoms with Crippen LogP contribution in [0.3, 0.4) is 0 Å². The number of unbranched alkanes of at least 4 members (excludes halogenated alkanes) is 9. The Balaban J connectivity index is 1.59. The molecular formula is C45H65N7. The van der Waals surface area contributed by atoms with Gasteiger partial charge in [-0.3, -0.25) is 0 Å². The van der Waals surface area contributed by atoms with Gasteiger partial charge in [0.05, 0.1) is 11.4 Å². The summed E-state index contributed by atoms with van der Waals surface area (Å²) in [6, 6.07) is 26.7. The van der Waals surface area contributed by atoms with Gasteiger partial charge in [0.25, 0.3) is 0 Å². The molecule has 0 spiro atoms. The van der Waals surface area contributed by atoms with Crippen molar-refractivity contribution in [2.75, 3.05) is 35.6 Å². The number of hydrogen-bond acceptors (Lipinski definition) is 7. The molecule has 1 aliphatic carbocycles. The normalized spacial score (nSPS) is 18.2. The molecule has 0 saturated heterocycles. The molecule has 0 bridgehead atoms. The molecule has 3 N–H and O–H groups in total.